The molecule has 0 aliphatic carbocycles. The van der Waals surface area contributed by atoms with E-state index in [1.54, 1.807) is 13.2 Å². The van der Waals surface area contributed by atoms with Crippen molar-refractivity contribution in [3.63, 3.8) is 0 Å². The molecule has 0 fully saturated rings. The van der Waals surface area contributed by atoms with Gasteiger partial charge in [-0.15, -0.1) is 10.2 Å². The first-order chi connectivity index (χ1) is 17.2. The van der Waals surface area contributed by atoms with Gasteiger partial charge in [0.25, 0.3) is 16.7 Å². The van der Waals surface area contributed by atoms with Gasteiger partial charge >= 0.3 is 0 Å². The van der Waals surface area contributed by atoms with Crippen LogP contribution in [0, 0.1) is 0 Å². The Morgan fingerprint density at radius 2 is 1.60 bits per heavy atom. The minimum Gasteiger partial charge on any atom is -0.497 e. The predicted octanol–water partition coefficient (Wildman–Crippen LogP) is 4.67. The predicted molar refractivity (Wildman–Crippen MR) is 134 cm³/mol. The Labute approximate surface area is 205 Å². The SMILES string of the molecule is COc1ccc(OCCSc2nnc(-c3nn(Cc4ccccc4)c(=O)c4ccccc34)o2)cc1. The zero-order valence-electron chi connectivity index (χ0n) is 19.0. The van der Waals surface area contributed by atoms with E-state index in [1.807, 2.05) is 72.8 Å². The van der Waals surface area contributed by atoms with Crippen molar-refractivity contribution in [3.8, 4) is 23.1 Å². The summed E-state index contributed by atoms with van der Waals surface area (Å²) in [7, 11) is 1.63. The first-order valence-electron chi connectivity index (χ1n) is 11.0. The summed E-state index contributed by atoms with van der Waals surface area (Å²) in [6.07, 6.45) is 0. The van der Waals surface area contributed by atoms with Crippen LogP contribution in [0.2, 0.25) is 0 Å². The lowest BCUT2D eigenvalue weighted by molar-refractivity contribution is 0.342. The zero-order chi connectivity index (χ0) is 24.0. The van der Waals surface area contributed by atoms with Crippen molar-refractivity contribution in [2.75, 3.05) is 19.5 Å². The summed E-state index contributed by atoms with van der Waals surface area (Å²) in [5.74, 6) is 2.42. The number of methoxy groups -OCH3 is 1. The normalized spacial score (nSPS) is 11.0. The number of aromatic nitrogens is 4. The largest absolute Gasteiger partial charge is 0.497 e. The monoisotopic (exact) mass is 486 g/mol. The third-order valence-corrected chi connectivity index (χ3v) is 6.07. The van der Waals surface area contributed by atoms with Crippen LogP contribution in [-0.4, -0.2) is 39.4 Å². The van der Waals surface area contributed by atoms with Crippen LogP contribution in [-0.2, 0) is 6.54 Å². The zero-order valence-corrected chi connectivity index (χ0v) is 19.8. The van der Waals surface area contributed by atoms with Crippen LogP contribution >= 0.6 is 11.8 Å². The molecular weight excluding hydrogens is 464 g/mol. The molecule has 0 radical (unpaired) electrons. The molecule has 8 nitrogen and oxygen atoms in total. The second-order valence-electron chi connectivity index (χ2n) is 7.59. The number of benzene rings is 3. The number of hydrogen-bond acceptors (Lipinski definition) is 8. The van der Waals surface area contributed by atoms with Crippen LogP contribution < -0.4 is 15.0 Å². The van der Waals surface area contributed by atoms with Gasteiger partial charge in [-0.05, 0) is 35.9 Å². The minimum atomic E-state index is -0.169. The summed E-state index contributed by atoms with van der Waals surface area (Å²) in [6, 6.07) is 24.4. The van der Waals surface area contributed by atoms with Gasteiger partial charge in [-0.2, -0.15) is 5.10 Å². The third-order valence-electron chi connectivity index (χ3n) is 5.29. The summed E-state index contributed by atoms with van der Waals surface area (Å²) in [6.45, 7) is 0.813. The molecule has 5 rings (SSSR count). The Bertz CT molecular complexity index is 1480. The lowest BCUT2D eigenvalue weighted by Gasteiger charge is -2.09. The first-order valence-corrected chi connectivity index (χ1v) is 12.0. The molecule has 0 aliphatic rings. The van der Waals surface area contributed by atoms with E-state index >= 15 is 0 Å². The highest BCUT2D eigenvalue weighted by Gasteiger charge is 2.18. The van der Waals surface area contributed by atoms with Crippen LogP contribution in [0.1, 0.15) is 5.56 Å². The fourth-order valence-electron chi connectivity index (χ4n) is 3.58. The van der Waals surface area contributed by atoms with Crippen molar-refractivity contribution in [2.45, 2.75) is 11.8 Å². The lowest BCUT2D eigenvalue weighted by atomic mass is 10.1. The van der Waals surface area contributed by atoms with E-state index in [-0.39, 0.29) is 11.4 Å². The number of thioether (sulfide) groups is 1. The number of nitrogens with zero attached hydrogens (tertiary/aromatic N) is 4. The Kier molecular flexibility index (Phi) is 6.76. The molecule has 0 saturated heterocycles. The molecule has 3 aromatic carbocycles. The standard InChI is InChI=1S/C26H22N4O4S/c1-32-19-11-13-20(14-12-19)33-15-16-35-26-28-27-24(34-26)23-21-9-5-6-10-22(21)25(31)30(29-23)17-18-7-3-2-4-8-18/h2-14H,15-17H2,1H3. The summed E-state index contributed by atoms with van der Waals surface area (Å²) >= 11 is 1.39. The topological polar surface area (TPSA) is 92.3 Å². The van der Waals surface area contributed by atoms with E-state index < -0.39 is 0 Å². The van der Waals surface area contributed by atoms with Gasteiger partial charge in [0, 0.05) is 11.1 Å². The molecule has 9 heteroatoms. The molecule has 0 aliphatic heterocycles. The van der Waals surface area contributed by atoms with Crippen LogP contribution in [0.4, 0.5) is 0 Å². The Balaban J connectivity index is 1.33. The summed E-state index contributed by atoms with van der Waals surface area (Å²) < 4.78 is 18.2. The lowest BCUT2D eigenvalue weighted by Crippen LogP contribution is -2.24. The highest BCUT2D eigenvalue weighted by atomic mass is 32.2. The summed E-state index contributed by atoms with van der Waals surface area (Å²) in [5.41, 5.74) is 1.28. The molecule has 0 spiro atoms. The van der Waals surface area contributed by atoms with Crippen molar-refractivity contribution in [1.82, 2.24) is 20.0 Å². The van der Waals surface area contributed by atoms with Gasteiger partial charge < -0.3 is 13.9 Å². The molecule has 0 unspecified atom stereocenters. The Morgan fingerprint density at radius 3 is 2.37 bits per heavy atom. The van der Waals surface area contributed by atoms with Crippen molar-refractivity contribution in [1.29, 1.82) is 0 Å². The third kappa shape index (κ3) is 5.20. The molecule has 2 heterocycles. The maximum absolute atomic E-state index is 13.1. The van der Waals surface area contributed by atoms with Crippen molar-refractivity contribution in [3.05, 3.63) is 94.8 Å². The van der Waals surface area contributed by atoms with E-state index in [0.717, 1.165) is 17.1 Å². The molecule has 0 amide bonds. The Hall–Kier alpha value is -4.11. The fourth-order valence-corrected chi connectivity index (χ4v) is 4.16. The van der Waals surface area contributed by atoms with Gasteiger partial charge in [-0.1, -0.05) is 60.3 Å². The van der Waals surface area contributed by atoms with E-state index in [0.29, 0.717) is 40.6 Å². The van der Waals surface area contributed by atoms with Gasteiger partial charge in [-0.3, -0.25) is 4.79 Å². The van der Waals surface area contributed by atoms with E-state index in [2.05, 4.69) is 15.3 Å². The van der Waals surface area contributed by atoms with E-state index in [4.69, 9.17) is 13.9 Å². The van der Waals surface area contributed by atoms with Crippen molar-refractivity contribution >= 4 is 22.5 Å². The average molecular weight is 487 g/mol. The number of hydrogen-bond donors (Lipinski definition) is 0. The molecule has 35 heavy (non-hydrogen) atoms. The quantitative estimate of drug-likeness (QED) is 0.219. The molecule has 0 bridgehead atoms. The highest BCUT2D eigenvalue weighted by Crippen LogP contribution is 2.27. The summed E-state index contributed by atoms with van der Waals surface area (Å²) in [4.78, 5) is 13.1. The maximum atomic E-state index is 13.1. The molecular formula is C26H22N4O4S. The highest BCUT2D eigenvalue weighted by molar-refractivity contribution is 7.99. The smallest absolute Gasteiger partial charge is 0.277 e. The first kappa shape index (κ1) is 22.7. The molecule has 0 atom stereocenters. The number of fused-ring (bicyclic) bond motifs is 1. The molecule has 5 aromatic rings. The van der Waals surface area contributed by atoms with Crippen LogP contribution in [0.15, 0.2) is 93.3 Å². The summed E-state index contributed by atoms with van der Waals surface area (Å²) in [5, 5.41) is 14.6. The second-order valence-corrected chi connectivity index (χ2v) is 8.63. The van der Waals surface area contributed by atoms with Gasteiger partial charge in [0.05, 0.1) is 25.6 Å². The second kappa shape index (κ2) is 10.4. The van der Waals surface area contributed by atoms with Gasteiger partial charge in [0.15, 0.2) is 5.69 Å². The van der Waals surface area contributed by atoms with E-state index in [1.165, 1.54) is 16.4 Å². The molecule has 176 valence electrons. The number of rotatable bonds is 9. The maximum Gasteiger partial charge on any atom is 0.277 e. The molecule has 0 N–H and O–H groups in total. The van der Waals surface area contributed by atoms with Crippen molar-refractivity contribution < 1.29 is 13.9 Å². The van der Waals surface area contributed by atoms with Crippen molar-refractivity contribution in [2.24, 2.45) is 0 Å². The van der Waals surface area contributed by atoms with Gasteiger partial charge in [0.2, 0.25) is 0 Å². The van der Waals surface area contributed by atoms with Crippen LogP contribution in [0.5, 0.6) is 11.5 Å². The fraction of sp³-hybridized carbons (Fsp3) is 0.154. The molecule has 2 aromatic heterocycles. The van der Waals surface area contributed by atoms with Crippen LogP contribution in [0.25, 0.3) is 22.4 Å². The minimum absolute atomic E-state index is 0.169. The van der Waals surface area contributed by atoms with Crippen LogP contribution in [0.3, 0.4) is 0 Å². The van der Waals surface area contributed by atoms with Gasteiger partial charge in [0.1, 0.15) is 11.5 Å². The molecule has 0 saturated carbocycles. The van der Waals surface area contributed by atoms with Gasteiger partial charge in [-0.25, -0.2) is 4.68 Å². The van der Waals surface area contributed by atoms with E-state index in [9.17, 15) is 4.79 Å². The Morgan fingerprint density at radius 1 is 0.886 bits per heavy atom. The number of ether oxygens (including phenoxy) is 2. The average Bonchev–Trinajstić information content (AvgIpc) is 3.38.